The number of nitrogens with two attached hydrogens (primary N) is 1. The number of nitrogens with zero attached hydrogens (tertiary/aromatic N) is 1. The van der Waals surface area contributed by atoms with E-state index in [9.17, 15) is 14.4 Å². The quantitative estimate of drug-likeness (QED) is 0.471. The predicted octanol–water partition coefficient (Wildman–Crippen LogP) is 4.32. The molecule has 7 nitrogen and oxygen atoms in total. The molecule has 1 aromatic heterocycles. The maximum absolute atomic E-state index is 13.0. The smallest absolute Gasteiger partial charge is 0.352 e. The Balaban J connectivity index is 1.55. The van der Waals surface area contributed by atoms with Gasteiger partial charge in [-0.05, 0) is 56.3 Å². The van der Waals surface area contributed by atoms with Crippen molar-refractivity contribution in [3.05, 3.63) is 89.0 Å². The largest absolute Gasteiger partial charge is 0.479 e. The molecule has 0 saturated carbocycles. The molecule has 1 aliphatic heterocycles. The standard InChI is InChI=1S/C24H19FN2O5/c1-13-3-10-20(29-13)22-18-9-8-17(11-21(18)32-23(27)19(22)12-26)31-24(28)14(2)30-16-6-4-15(25)5-7-16/h3-11,14,22H,27H2,1-2H3. The average Bonchev–Trinajstić information content (AvgIpc) is 3.20. The Labute approximate surface area is 183 Å². The molecule has 0 fully saturated rings. The predicted molar refractivity (Wildman–Crippen MR) is 111 cm³/mol. The van der Waals surface area contributed by atoms with Crippen LogP contribution in [0.25, 0.3) is 0 Å². The fourth-order valence-electron chi connectivity index (χ4n) is 3.36. The summed E-state index contributed by atoms with van der Waals surface area (Å²) in [4.78, 5) is 12.4. The third-order valence-corrected chi connectivity index (χ3v) is 4.91. The van der Waals surface area contributed by atoms with Crippen LogP contribution >= 0.6 is 0 Å². The van der Waals surface area contributed by atoms with Gasteiger partial charge >= 0.3 is 5.97 Å². The molecule has 0 radical (unpaired) electrons. The highest BCUT2D eigenvalue weighted by molar-refractivity contribution is 5.77. The van der Waals surface area contributed by atoms with Gasteiger partial charge in [0, 0.05) is 11.6 Å². The van der Waals surface area contributed by atoms with Gasteiger partial charge in [0.2, 0.25) is 5.88 Å². The SMILES string of the molecule is Cc1ccc(C2C(C#N)=C(N)Oc3cc(OC(=O)C(C)Oc4ccc(F)cc4)ccc32)o1. The highest BCUT2D eigenvalue weighted by Gasteiger charge is 2.33. The van der Waals surface area contributed by atoms with Crippen molar-refractivity contribution in [3.63, 3.8) is 0 Å². The summed E-state index contributed by atoms with van der Waals surface area (Å²) in [7, 11) is 0. The van der Waals surface area contributed by atoms with Gasteiger partial charge in [0.1, 0.15) is 46.2 Å². The fourth-order valence-corrected chi connectivity index (χ4v) is 3.36. The maximum Gasteiger partial charge on any atom is 0.352 e. The van der Waals surface area contributed by atoms with Gasteiger partial charge in [-0.25, -0.2) is 9.18 Å². The molecule has 0 spiro atoms. The molecule has 0 aliphatic carbocycles. The number of carbonyl (C=O) groups excluding carboxylic acids is 1. The second-order valence-electron chi connectivity index (χ2n) is 7.21. The summed E-state index contributed by atoms with van der Waals surface area (Å²) in [5.41, 5.74) is 6.86. The van der Waals surface area contributed by atoms with Crippen molar-refractivity contribution in [1.82, 2.24) is 0 Å². The van der Waals surface area contributed by atoms with E-state index in [2.05, 4.69) is 6.07 Å². The van der Waals surface area contributed by atoms with Crippen LogP contribution < -0.4 is 19.9 Å². The first kappa shape index (κ1) is 21.0. The van der Waals surface area contributed by atoms with E-state index in [4.69, 9.17) is 24.4 Å². The van der Waals surface area contributed by atoms with Crippen molar-refractivity contribution in [3.8, 4) is 23.3 Å². The van der Waals surface area contributed by atoms with E-state index in [0.29, 0.717) is 28.6 Å². The molecule has 0 amide bonds. The van der Waals surface area contributed by atoms with E-state index >= 15 is 0 Å². The number of hydrogen-bond acceptors (Lipinski definition) is 7. The number of carbonyl (C=O) groups is 1. The third kappa shape index (κ3) is 4.14. The van der Waals surface area contributed by atoms with E-state index in [1.54, 1.807) is 31.2 Å². The summed E-state index contributed by atoms with van der Waals surface area (Å²) >= 11 is 0. The number of ether oxygens (including phenoxy) is 3. The Morgan fingerprint density at radius 2 is 1.88 bits per heavy atom. The van der Waals surface area contributed by atoms with Gasteiger partial charge in [0.05, 0.1) is 5.92 Å². The highest BCUT2D eigenvalue weighted by Crippen LogP contribution is 2.43. The summed E-state index contributed by atoms with van der Waals surface area (Å²) in [6, 6.07) is 15.8. The molecule has 2 unspecified atom stereocenters. The monoisotopic (exact) mass is 434 g/mol. The lowest BCUT2D eigenvalue weighted by Gasteiger charge is -2.25. The van der Waals surface area contributed by atoms with Crippen molar-refractivity contribution in [1.29, 1.82) is 5.26 Å². The Kier molecular flexibility index (Phi) is 5.56. The maximum atomic E-state index is 13.0. The minimum absolute atomic E-state index is 0.0458. The van der Waals surface area contributed by atoms with Gasteiger partial charge < -0.3 is 24.4 Å². The molecule has 2 aromatic carbocycles. The zero-order chi connectivity index (χ0) is 22.8. The number of rotatable bonds is 5. The van der Waals surface area contributed by atoms with Gasteiger partial charge in [-0.3, -0.25) is 0 Å². The summed E-state index contributed by atoms with van der Waals surface area (Å²) < 4.78 is 35.3. The van der Waals surface area contributed by atoms with Crippen molar-refractivity contribution < 1.29 is 27.8 Å². The van der Waals surface area contributed by atoms with Crippen LogP contribution in [0.3, 0.4) is 0 Å². The minimum atomic E-state index is -0.939. The van der Waals surface area contributed by atoms with E-state index in [0.717, 1.165) is 0 Å². The van der Waals surface area contributed by atoms with Crippen LogP contribution in [0.5, 0.6) is 17.2 Å². The van der Waals surface area contributed by atoms with Crippen LogP contribution in [0.2, 0.25) is 0 Å². The first-order valence-corrected chi connectivity index (χ1v) is 9.77. The normalized spacial score (nSPS) is 15.9. The summed E-state index contributed by atoms with van der Waals surface area (Å²) in [5.74, 6) is 0.509. The van der Waals surface area contributed by atoms with E-state index in [-0.39, 0.29) is 17.2 Å². The van der Waals surface area contributed by atoms with Gasteiger partial charge in [0.15, 0.2) is 6.10 Å². The number of aryl methyl sites for hydroxylation is 1. The molecule has 32 heavy (non-hydrogen) atoms. The van der Waals surface area contributed by atoms with Gasteiger partial charge in [0.25, 0.3) is 0 Å². The molecule has 2 N–H and O–H groups in total. The molecule has 8 heteroatoms. The Morgan fingerprint density at radius 3 is 2.53 bits per heavy atom. The van der Waals surface area contributed by atoms with Crippen LogP contribution in [-0.4, -0.2) is 12.1 Å². The van der Waals surface area contributed by atoms with Gasteiger partial charge in [-0.15, -0.1) is 0 Å². The number of furan rings is 1. The number of allylic oxidation sites excluding steroid dienone is 1. The van der Waals surface area contributed by atoms with Crippen molar-refractivity contribution in [2.45, 2.75) is 25.9 Å². The van der Waals surface area contributed by atoms with Crippen molar-refractivity contribution in [2.75, 3.05) is 0 Å². The number of fused-ring (bicyclic) bond motifs is 1. The molecule has 162 valence electrons. The average molecular weight is 434 g/mol. The van der Waals surface area contributed by atoms with Crippen LogP contribution in [0, 0.1) is 24.1 Å². The topological polar surface area (TPSA) is 108 Å². The van der Waals surface area contributed by atoms with Crippen LogP contribution in [0.15, 0.2) is 70.5 Å². The number of hydrogen-bond donors (Lipinski definition) is 1. The lowest BCUT2D eigenvalue weighted by molar-refractivity contribution is -0.141. The Hall–Kier alpha value is -4.25. The number of esters is 1. The first-order chi connectivity index (χ1) is 15.4. The molecule has 2 heterocycles. The molecule has 1 aliphatic rings. The van der Waals surface area contributed by atoms with Crippen molar-refractivity contribution in [2.24, 2.45) is 5.73 Å². The lowest BCUT2D eigenvalue weighted by Crippen LogP contribution is -2.28. The molecule has 0 saturated heterocycles. The highest BCUT2D eigenvalue weighted by atomic mass is 19.1. The zero-order valence-electron chi connectivity index (χ0n) is 17.3. The van der Waals surface area contributed by atoms with Crippen LogP contribution in [-0.2, 0) is 4.79 Å². The third-order valence-electron chi connectivity index (χ3n) is 4.91. The van der Waals surface area contributed by atoms with Crippen molar-refractivity contribution >= 4 is 5.97 Å². The van der Waals surface area contributed by atoms with E-state index in [1.165, 1.54) is 37.3 Å². The van der Waals surface area contributed by atoms with Crippen LogP contribution in [0.4, 0.5) is 4.39 Å². The van der Waals surface area contributed by atoms with E-state index in [1.807, 2.05) is 0 Å². The Morgan fingerprint density at radius 1 is 1.16 bits per heavy atom. The summed E-state index contributed by atoms with van der Waals surface area (Å²) in [5, 5.41) is 9.58. The van der Waals surface area contributed by atoms with Gasteiger partial charge in [-0.1, -0.05) is 6.07 Å². The molecule has 3 aromatic rings. The second-order valence-corrected chi connectivity index (χ2v) is 7.21. The number of halogens is 1. The minimum Gasteiger partial charge on any atom is -0.479 e. The summed E-state index contributed by atoms with van der Waals surface area (Å²) in [6.07, 6.45) is -0.939. The van der Waals surface area contributed by atoms with Gasteiger partial charge in [-0.2, -0.15) is 5.26 Å². The molecular weight excluding hydrogens is 415 g/mol. The fraction of sp³-hybridized carbons (Fsp3) is 0.167. The second kappa shape index (κ2) is 8.47. The number of nitriles is 1. The first-order valence-electron chi connectivity index (χ1n) is 9.77. The number of benzene rings is 2. The summed E-state index contributed by atoms with van der Waals surface area (Å²) in [6.45, 7) is 3.33. The molecular formula is C24H19FN2O5. The Bertz CT molecular complexity index is 1240. The van der Waals surface area contributed by atoms with Crippen LogP contribution in [0.1, 0.15) is 29.9 Å². The molecule has 0 bridgehead atoms. The molecule has 2 atom stereocenters. The lowest BCUT2D eigenvalue weighted by atomic mass is 9.87. The van der Waals surface area contributed by atoms with E-state index < -0.39 is 23.8 Å². The zero-order valence-corrected chi connectivity index (χ0v) is 17.3. The molecule has 4 rings (SSSR count).